The van der Waals surface area contributed by atoms with Crippen molar-refractivity contribution in [1.29, 1.82) is 0 Å². The number of benzene rings is 1. The number of carbonyl (C=O) groups excluding carboxylic acids is 2. The van der Waals surface area contributed by atoms with Crippen molar-refractivity contribution in [3.05, 3.63) is 29.6 Å². The molecule has 0 atom stereocenters. The van der Waals surface area contributed by atoms with Crippen molar-refractivity contribution in [1.82, 2.24) is 5.32 Å². The third kappa shape index (κ3) is 3.75. The summed E-state index contributed by atoms with van der Waals surface area (Å²) in [6.45, 7) is 0. The number of halogens is 1. The summed E-state index contributed by atoms with van der Waals surface area (Å²) in [7, 11) is -4.37. The van der Waals surface area contributed by atoms with Crippen molar-refractivity contribution in [2.24, 2.45) is 5.73 Å². The Morgan fingerprint density at radius 1 is 1.30 bits per heavy atom. The zero-order chi connectivity index (χ0) is 15.5. The quantitative estimate of drug-likeness (QED) is 0.683. The minimum atomic E-state index is -4.37. The smallest absolute Gasteiger partial charge is 0.335 e. The molecule has 0 aromatic heterocycles. The van der Waals surface area contributed by atoms with Gasteiger partial charge < -0.3 is 10.8 Å². The number of hydrogen-bond acceptors (Lipinski definition) is 5. The lowest BCUT2D eigenvalue weighted by Gasteiger charge is -2.06. The lowest BCUT2D eigenvalue weighted by Crippen LogP contribution is -2.38. The molecule has 0 bridgehead atoms. The Morgan fingerprint density at radius 2 is 1.90 bits per heavy atom. The monoisotopic (exact) mass is 304 g/mol. The lowest BCUT2D eigenvalue weighted by molar-refractivity contribution is -0.117. The summed E-state index contributed by atoms with van der Waals surface area (Å²) in [4.78, 5) is 31.2. The van der Waals surface area contributed by atoms with Crippen LogP contribution in [0.3, 0.4) is 0 Å². The highest BCUT2D eigenvalue weighted by atomic mass is 32.2. The van der Waals surface area contributed by atoms with Gasteiger partial charge in [0.25, 0.3) is 0 Å². The number of rotatable bonds is 4. The van der Waals surface area contributed by atoms with Gasteiger partial charge >= 0.3 is 12.0 Å². The standard InChI is InChI=1S/C10H9FN2O6S/c11-6-3-5(9(15)16)1-2-7(6)20(18,19)4-8(14)13-10(12)17/h1-3H,4H2,(H,15,16)(H3,12,13,14,17). The molecule has 1 aromatic rings. The summed E-state index contributed by atoms with van der Waals surface area (Å²) in [6.07, 6.45) is 0. The molecule has 0 fully saturated rings. The number of imide groups is 1. The van der Waals surface area contributed by atoms with E-state index in [0.29, 0.717) is 6.07 Å². The first-order valence-electron chi connectivity index (χ1n) is 4.98. The van der Waals surface area contributed by atoms with Crippen LogP contribution in [0.1, 0.15) is 10.4 Å². The number of aromatic carboxylic acids is 1. The molecule has 10 heteroatoms. The van der Waals surface area contributed by atoms with E-state index in [9.17, 15) is 27.2 Å². The molecule has 108 valence electrons. The van der Waals surface area contributed by atoms with E-state index in [-0.39, 0.29) is 0 Å². The van der Waals surface area contributed by atoms with Crippen LogP contribution in [0.5, 0.6) is 0 Å². The molecule has 8 nitrogen and oxygen atoms in total. The Bertz CT molecular complexity index is 685. The van der Waals surface area contributed by atoms with Crippen molar-refractivity contribution in [2.45, 2.75) is 4.90 Å². The maximum atomic E-state index is 13.6. The van der Waals surface area contributed by atoms with Crippen molar-refractivity contribution < 1.29 is 32.3 Å². The molecule has 1 rings (SSSR count). The van der Waals surface area contributed by atoms with E-state index in [2.05, 4.69) is 5.73 Å². The maximum Gasteiger partial charge on any atom is 0.335 e. The van der Waals surface area contributed by atoms with E-state index in [0.717, 1.165) is 12.1 Å². The van der Waals surface area contributed by atoms with Crippen LogP contribution >= 0.6 is 0 Å². The Balaban J connectivity index is 3.07. The number of primary amides is 1. The number of urea groups is 1. The van der Waals surface area contributed by atoms with Gasteiger partial charge in [-0.2, -0.15) is 0 Å². The van der Waals surface area contributed by atoms with Crippen LogP contribution < -0.4 is 11.1 Å². The molecule has 0 spiro atoms. The number of carboxylic acid groups (broad SMARTS) is 1. The first kappa shape index (κ1) is 15.6. The Hall–Kier alpha value is -2.49. The fraction of sp³-hybridized carbons (Fsp3) is 0.100. The SMILES string of the molecule is NC(=O)NC(=O)CS(=O)(=O)c1ccc(C(=O)O)cc1F. The van der Waals surface area contributed by atoms with Gasteiger partial charge in [-0.1, -0.05) is 0 Å². The maximum absolute atomic E-state index is 13.6. The predicted molar refractivity (Wildman–Crippen MR) is 63.1 cm³/mol. The molecule has 0 aliphatic carbocycles. The van der Waals surface area contributed by atoms with Crippen molar-refractivity contribution in [3.63, 3.8) is 0 Å². The predicted octanol–water partition coefficient (Wildman–Crippen LogP) is -0.508. The second kappa shape index (κ2) is 5.65. The normalized spacial score (nSPS) is 10.8. The molecule has 0 aliphatic heterocycles. The number of carbonyl (C=O) groups is 3. The van der Waals surface area contributed by atoms with Crippen LogP contribution in [0.4, 0.5) is 9.18 Å². The van der Waals surface area contributed by atoms with E-state index < -0.39 is 49.8 Å². The second-order valence-electron chi connectivity index (χ2n) is 3.62. The Labute approximate surface area is 112 Å². The van der Waals surface area contributed by atoms with Gasteiger partial charge in [0, 0.05) is 0 Å². The van der Waals surface area contributed by atoms with Crippen LogP contribution in [0.25, 0.3) is 0 Å². The van der Waals surface area contributed by atoms with E-state index in [1.807, 2.05) is 0 Å². The van der Waals surface area contributed by atoms with Gasteiger partial charge in [0.15, 0.2) is 9.84 Å². The third-order valence-corrected chi connectivity index (χ3v) is 3.74. The van der Waals surface area contributed by atoms with E-state index in [1.54, 1.807) is 0 Å². The first-order valence-corrected chi connectivity index (χ1v) is 6.63. The summed E-state index contributed by atoms with van der Waals surface area (Å²) >= 11 is 0. The van der Waals surface area contributed by atoms with Crippen LogP contribution in [-0.2, 0) is 14.6 Å². The number of carboxylic acids is 1. The summed E-state index contributed by atoms with van der Waals surface area (Å²) in [5.41, 5.74) is 4.19. The van der Waals surface area contributed by atoms with Crippen LogP contribution in [0.2, 0.25) is 0 Å². The van der Waals surface area contributed by atoms with Gasteiger partial charge in [-0.25, -0.2) is 22.4 Å². The molecule has 3 amide bonds. The van der Waals surface area contributed by atoms with Crippen molar-refractivity contribution in [3.8, 4) is 0 Å². The minimum absolute atomic E-state index is 0.442. The van der Waals surface area contributed by atoms with E-state index in [1.165, 1.54) is 5.32 Å². The second-order valence-corrected chi connectivity index (χ2v) is 5.58. The Morgan fingerprint density at radius 3 is 2.35 bits per heavy atom. The molecular formula is C10H9FN2O6S. The fourth-order valence-corrected chi connectivity index (χ4v) is 2.51. The van der Waals surface area contributed by atoms with Gasteiger partial charge in [-0.15, -0.1) is 0 Å². The summed E-state index contributed by atoms with van der Waals surface area (Å²) in [5.74, 6) is -5.16. The van der Waals surface area contributed by atoms with Crippen molar-refractivity contribution in [2.75, 3.05) is 5.75 Å². The topological polar surface area (TPSA) is 144 Å². The molecule has 0 saturated carbocycles. The number of sulfone groups is 1. The summed E-state index contributed by atoms with van der Waals surface area (Å²) < 4.78 is 37.0. The van der Waals surface area contributed by atoms with Crippen LogP contribution in [-0.4, -0.2) is 37.2 Å². The molecule has 0 aliphatic rings. The molecule has 0 unspecified atom stereocenters. The Kier molecular flexibility index (Phi) is 4.40. The number of nitrogens with one attached hydrogen (secondary N) is 1. The first-order chi connectivity index (χ1) is 9.13. The highest BCUT2D eigenvalue weighted by Crippen LogP contribution is 2.17. The average Bonchev–Trinajstić information content (AvgIpc) is 2.25. The van der Waals surface area contributed by atoms with Gasteiger partial charge in [0.1, 0.15) is 16.5 Å². The third-order valence-electron chi connectivity index (χ3n) is 2.10. The molecule has 1 aromatic carbocycles. The number of hydrogen-bond donors (Lipinski definition) is 3. The van der Waals surface area contributed by atoms with Gasteiger partial charge in [0.05, 0.1) is 5.56 Å². The molecule has 20 heavy (non-hydrogen) atoms. The molecule has 4 N–H and O–H groups in total. The molecule has 0 heterocycles. The van der Waals surface area contributed by atoms with Gasteiger partial charge in [-0.05, 0) is 18.2 Å². The summed E-state index contributed by atoms with van der Waals surface area (Å²) in [5, 5.41) is 10.1. The molecular weight excluding hydrogens is 295 g/mol. The van der Waals surface area contributed by atoms with Crippen molar-refractivity contribution >= 4 is 27.7 Å². The zero-order valence-electron chi connectivity index (χ0n) is 9.79. The molecule has 0 saturated heterocycles. The highest BCUT2D eigenvalue weighted by Gasteiger charge is 2.24. The number of nitrogens with two attached hydrogens (primary N) is 1. The number of amides is 3. The summed E-state index contributed by atoms with van der Waals surface area (Å²) in [6, 6.07) is 0.879. The minimum Gasteiger partial charge on any atom is -0.478 e. The van der Waals surface area contributed by atoms with Crippen LogP contribution in [0, 0.1) is 5.82 Å². The molecule has 0 radical (unpaired) electrons. The highest BCUT2D eigenvalue weighted by molar-refractivity contribution is 7.92. The van der Waals surface area contributed by atoms with Crippen LogP contribution in [0.15, 0.2) is 23.1 Å². The van der Waals surface area contributed by atoms with E-state index >= 15 is 0 Å². The zero-order valence-corrected chi connectivity index (χ0v) is 10.6. The van der Waals surface area contributed by atoms with E-state index in [4.69, 9.17) is 5.11 Å². The lowest BCUT2D eigenvalue weighted by atomic mass is 10.2. The van der Waals surface area contributed by atoms with Gasteiger partial charge in [-0.3, -0.25) is 10.1 Å². The van der Waals surface area contributed by atoms with Gasteiger partial charge in [0.2, 0.25) is 5.91 Å². The largest absolute Gasteiger partial charge is 0.478 e. The average molecular weight is 304 g/mol. The fourth-order valence-electron chi connectivity index (χ4n) is 1.31.